The molecule has 98 valence electrons. The number of hydrogen-bond donors (Lipinski definition) is 1. The van der Waals surface area contributed by atoms with Crippen molar-refractivity contribution in [3.8, 4) is 0 Å². The molecule has 0 spiro atoms. The van der Waals surface area contributed by atoms with Crippen molar-refractivity contribution in [1.29, 1.82) is 0 Å². The highest BCUT2D eigenvalue weighted by Gasteiger charge is 2.48. The normalized spacial score (nSPS) is 50.7. The number of fused-ring (bicyclic) bond motifs is 4. The summed E-state index contributed by atoms with van der Waals surface area (Å²) in [6.45, 7) is 3.37. The number of aldehydes is 1. The Hall–Kier alpha value is -0.670. The Morgan fingerprint density at radius 3 is 3.00 bits per heavy atom. The van der Waals surface area contributed by atoms with Gasteiger partial charge in [0.2, 0.25) is 0 Å². The van der Waals surface area contributed by atoms with E-state index in [0.29, 0.717) is 11.5 Å². The van der Waals surface area contributed by atoms with Crippen LogP contribution >= 0.6 is 0 Å². The number of carbonyl (C=O) groups excluding carboxylic acids is 1. The largest absolute Gasteiger partial charge is 0.307 e. The lowest BCUT2D eigenvalue weighted by molar-refractivity contribution is -0.113. The van der Waals surface area contributed by atoms with E-state index in [1.165, 1.54) is 32.2 Å². The molecule has 0 aromatic carbocycles. The molecule has 4 bridgehead atoms. The van der Waals surface area contributed by atoms with Crippen molar-refractivity contribution in [2.24, 2.45) is 17.8 Å². The summed E-state index contributed by atoms with van der Waals surface area (Å²) in [4.78, 5) is 13.9. The fourth-order valence-electron chi connectivity index (χ4n) is 4.76. The number of likely N-dealkylation sites (tertiary alicyclic amines) is 1. The molecule has 4 rings (SSSR count). The number of carbonyl (C=O) groups is 1. The van der Waals surface area contributed by atoms with Gasteiger partial charge in [0.05, 0.1) is 6.04 Å². The molecular weight excluding hydrogens is 224 g/mol. The highest BCUT2D eigenvalue weighted by Crippen LogP contribution is 2.48. The standard InChI is InChI=1S/C15H22N2O/c18-10-14-13-5-12(7-16-14)8-17(9-13)15-3-1-11(6-15)2-4-15/h1,3,10-14,16H,2,4-9H2. The maximum absolute atomic E-state index is 11.2. The number of piperidine rings is 2. The minimum atomic E-state index is 0.100. The first kappa shape index (κ1) is 11.2. The van der Waals surface area contributed by atoms with Crippen molar-refractivity contribution in [3.05, 3.63) is 12.2 Å². The van der Waals surface area contributed by atoms with Crippen LogP contribution in [0.1, 0.15) is 25.7 Å². The summed E-state index contributed by atoms with van der Waals surface area (Å²) in [5.41, 5.74) is 0.367. The molecule has 3 heteroatoms. The Morgan fingerprint density at radius 2 is 2.33 bits per heavy atom. The molecule has 0 aromatic rings. The maximum atomic E-state index is 11.2. The first-order valence-electron chi connectivity index (χ1n) is 7.42. The van der Waals surface area contributed by atoms with Crippen LogP contribution in [0.4, 0.5) is 0 Å². The number of rotatable bonds is 2. The quantitative estimate of drug-likeness (QED) is 0.587. The van der Waals surface area contributed by atoms with E-state index in [-0.39, 0.29) is 6.04 Å². The minimum absolute atomic E-state index is 0.100. The molecule has 4 aliphatic rings. The molecule has 2 aliphatic heterocycles. The van der Waals surface area contributed by atoms with Crippen LogP contribution in [-0.2, 0) is 4.79 Å². The molecule has 2 aliphatic carbocycles. The van der Waals surface area contributed by atoms with Crippen LogP contribution < -0.4 is 5.32 Å². The lowest BCUT2D eigenvalue weighted by Crippen LogP contribution is -2.61. The molecule has 5 unspecified atom stereocenters. The molecule has 0 radical (unpaired) electrons. The van der Waals surface area contributed by atoms with Gasteiger partial charge in [-0.1, -0.05) is 12.2 Å². The van der Waals surface area contributed by atoms with Crippen molar-refractivity contribution in [2.45, 2.75) is 37.3 Å². The summed E-state index contributed by atoms with van der Waals surface area (Å²) >= 11 is 0. The van der Waals surface area contributed by atoms with Crippen molar-refractivity contribution in [1.82, 2.24) is 10.2 Å². The summed E-state index contributed by atoms with van der Waals surface area (Å²) in [6.07, 6.45) is 11.3. The van der Waals surface area contributed by atoms with E-state index in [9.17, 15) is 4.79 Å². The second-order valence-electron chi connectivity index (χ2n) is 6.80. The van der Waals surface area contributed by atoms with Crippen molar-refractivity contribution < 1.29 is 4.79 Å². The van der Waals surface area contributed by atoms with E-state index >= 15 is 0 Å². The van der Waals surface area contributed by atoms with Gasteiger partial charge in [0, 0.05) is 18.6 Å². The topological polar surface area (TPSA) is 32.3 Å². The predicted octanol–water partition coefficient (Wildman–Crippen LogP) is 1.20. The third-order valence-electron chi connectivity index (χ3n) is 5.74. The van der Waals surface area contributed by atoms with E-state index < -0.39 is 0 Å². The first-order valence-corrected chi connectivity index (χ1v) is 7.42. The SMILES string of the molecule is O=CC1NCC2CC1CN(C13C=CC(CC1)C3)C2. The van der Waals surface area contributed by atoms with Gasteiger partial charge in [-0.15, -0.1) is 0 Å². The molecule has 2 heterocycles. The zero-order chi connectivity index (χ0) is 12.2. The molecule has 2 saturated heterocycles. The van der Waals surface area contributed by atoms with Gasteiger partial charge in [0.25, 0.3) is 0 Å². The van der Waals surface area contributed by atoms with Crippen LogP contribution in [0.25, 0.3) is 0 Å². The van der Waals surface area contributed by atoms with Crippen molar-refractivity contribution >= 4 is 6.29 Å². The second-order valence-corrected chi connectivity index (χ2v) is 6.80. The van der Waals surface area contributed by atoms with Gasteiger partial charge in [-0.25, -0.2) is 0 Å². The number of allylic oxidation sites excluding steroid dienone is 1. The molecule has 1 saturated carbocycles. The van der Waals surface area contributed by atoms with Crippen molar-refractivity contribution in [3.63, 3.8) is 0 Å². The van der Waals surface area contributed by atoms with E-state index in [0.717, 1.165) is 31.2 Å². The van der Waals surface area contributed by atoms with E-state index in [1.54, 1.807) is 0 Å². The highest BCUT2D eigenvalue weighted by molar-refractivity contribution is 5.58. The monoisotopic (exact) mass is 246 g/mol. The average Bonchev–Trinajstić information content (AvgIpc) is 3.00. The fraction of sp³-hybridized carbons (Fsp3) is 0.800. The van der Waals surface area contributed by atoms with E-state index in [4.69, 9.17) is 0 Å². The van der Waals surface area contributed by atoms with Crippen LogP contribution in [0.3, 0.4) is 0 Å². The Balaban J connectivity index is 1.57. The molecule has 0 amide bonds. The van der Waals surface area contributed by atoms with Crippen molar-refractivity contribution in [2.75, 3.05) is 19.6 Å². The summed E-state index contributed by atoms with van der Waals surface area (Å²) < 4.78 is 0. The Bertz CT molecular complexity index is 394. The van der Waals surface area contributed by atoms with E-state index in [2.05, 4.69) is 22.4 Å². The molecule has 18 heavy (non-hydrogen) atoms. The average molecular weight is 246 g/mol. The van der Waals surface area contributed by atoms with E-state index in [1.807, 2.05) is 0 Å². The van der Waals surface area contributed by atoms with Crippen LogP contribution in [0, 0.1) is 17.8 Å². The van der Waals surface area contributed by atoms with Gasteiger partial charge in [-0.05, 0) is 50.0 Å². The Morgan fingerprint density at radius 1 is 1.39 bits per heavy atom. The smallest absolute Gasteiger partial charge is 0.137 e. The predicted molar refractivity (Wildman–Crippen MR) is 70.2 cm³/mol. The first-order chi connectivity index (χ1) is 8.79. The molecule has 3 nitrogen and oxygen atoms in total. The number of nitrogens with zero attached hydrogens (tertiary/aromatic N) is 1. The van der Waals surface area contributed by atoms with Gasteiger partial charge in [-0.2, -0.15) is 0 Å². The van der Waals surface area contributed by atoms with Gasteiger partial charge in [0.1, 0.15) is 6.29 Å². The summed E-state index contributed by atoms with van der Waals surface area (Å²) in [5, 5.41) is 3.41. The number of nitrogens with one attached hydrogen (secondary N) is 1. The summed E-state index contributed by atoms with van der Waals surface area (Å²) in [7, 11) is 0. The third-order valence-corrected chi connectivity index (χ3v) is 5.74. The molecule has 5 atom stereocenters. The Kier molecular flexibility index (Phi) is 2.43. The van der Waals surface area contributed by atoms with Crippen LogP contribution in [0.15, 0.2) is 12.2 Å². The van der Waals surface area contributed by atoms with Crippen LogP contribution in [0.2, 0.25) is 0 Å². The van der Waals surface area contributed by atoms with Crippen LogP contribution in [0.5, 0.6) is 0 Å². The Labute approximate surface area is 109 Å². The maximum Gasteiger partial charge on any atom is 0.137 e. The summed E-state index contributed by atoms with van der Waals surface area (Å²) in [6, 6.07) is 0.100. The third kappa shape index (κ3) is 1.53. The molecular formula is C15H22N2O. The zero-order valence-corrected chi connectivity index (χ0v) is 10.8. The van der Waals surface area contributed by atoms with Gasteiger partial charge in [0.15, 0.2) is 0 Å². The number of hydrogen-bond acceptors (Lipinski definition) is 3. The lowest BCUT2D eigenvalue weighted by atomic mass is 9.78. The molecule has 0 aromatic heterocycles. The second kappa shape index (κ2) is 3.91. The molecule has 3 fully saturated rings. The lowest BCUT2D eigenvalue weighted by Gasteiger charge is -2.50. The highest BCUT2D eigenvalue weighted by atomic mass is 16.1. The van der Waals surface area contributed by atoms with Crippen LogP contribution in [-0.4, -0.2) is 42.4 Å². The molecule has 1 N–H and O–H groups in total. The fourth-order valence-corrected chi connectivity index (χ4v) is 4.76. The summed E-state index contributed by atoms with van der Waals surface area (Å²) in [5.74, 6) is 2.13. The minimum Gasteiger partial charge on any atom is -0.307 e. The zero-order valence-electron chi connectivity index (χ0n) is 10.8. The van der Waals surface area contributed by atoms with Gasteiger partial charge >= 0.3 is 0 Å². The van der Waals surface area contributed by atoms with Gasteiger partial charge in [-0.3, -0.25) is 4.90 Å². The van der Waals surface area contributed by atoms with Gasteiger partial charge < -0.3 is 10.1 Å².